The fourth-order valence-corrected chi connectivity index (χ4v) is 4.98. The average Bonchev–Trinajstić information content (AvgIpc) is 2.61. The van der Waals surface area contributed by atoms with Crippen molar-refractivity contribution in [3.8, 4) is 6.07 Å². The molecular formula is C20H18N2O2. The Labute approximate surface area is 140 Å². The Kier molecular flexibility index (Phi) is 2.88. The first kappa shape index (κ1) is 14.2. The molecule has 0 amide bonds. The highest BCUT2D eigenvalue weighted by molar-refractivity contribution is 6.13. The molecule has 1 saturated heterocycles. The fraction of sp³-hybridized carbons (Fsp3) is 0.400. The number of carbonyl (C=O) groups excluding carboxylic acids is 1. The topological polar surface area (TPSA) is 53.3 Å². The quantitative estimate of drug-likeness (QED) is 0.811. The third-order valence-corrected chi connectivity index (χ3v) is 6.09. The molecule has 0 spiro atoms. The predicted molar refractivity (Wildman–Crippen MR) is 89.9 cm³/mol. The summed E-state index contributed by atoms with van der Waals surface area (Å²) in [7, 11) is 0. The first-order chi connectivity index (χ1) is 11.8. The van der Waals surface area contributed by atoms with Crippen LogP contribution in [0.2, 0.25) is 0 Å². The van der Waals surface area contributed by atoms with Gasteiger partial charge in [-0.25, -0.2) is 0 Å². The maximum atomic E-state index is 13.0. The maximum absolute atomic E-state index is 13.0. The number of rotatable bonds is 1. The Hall–Kier alpha value is -2.22. The summed E-state index contributed by atoms with van der Waals surface area (Å²) in [5.41, 5.74) is 1.44. The molecule has 2 aliphatic carbocycles. The van der Waals surface area contributed by atoms with E-state index >= 15 is 0 Å². The normalized spacial score (nSPS) is 32.0. The molecule has 120 valence electrons. The summed E-state index contributed by atoms with van der Waals surface area (Å²) in [4.78, 5) is 15.2. The van der Waals surface area contributed by atoms with Gasteiger partial charge in [-0.05, 0) is 22.8 Å². The summed E-state index contributed by atoms with van der Waals surface area (Å²) in [6, 6.07) is 14.8. The van der Waals surface area contributed by atoms with Crippen LogP contribution in [-0.4, -0.2) is 42.5 Å². The number of ether oxygens (including phenoxy) is 1. The number of ketones is 1. The Balaban J connectivity index is 1.71. The van der Waals surface area contributed by atoms with Crippen LogP contribution in [0.15, 0.2) is 36.4 Å². The van der Waals surface area contributed by atoms with Gasteiger partial charge in [0.05, 0.1) is 19.3 Å². The first-order valence-electron chi connectivity index (χ1n) is 8.56. The molecule has 0 unspecified atom stereocenters. The number of morpholine rings is 1. The molecule has 4 heteroatoms. The van der Waals surface area contributed by atoms with E-state index in [2.05, 4.69) is 29.2 Å². The largest absolute Gasteiger partial charge is 0.379 e. The molecule has 4 nitrogen and oxygen atoms in total. The number of hydrogen-bond donors (Lipinski definition) is 0. The Morgan fingerprint density at radius 1 is 1.17 bits per heavy atom. The van der Waals surface area contributed by atoms with E-state index in [1.807, 2.05) is 18.2 Å². The van der Waals surface area contributed by atoms with Gasteiger partial charge in [-0.2, -0.15) is 5.26 Å². The summed E-state index contributed by atoms with van der Waals surface area (Å²) in [6.07, 6.45) is 0.637. The summed E-state index contributed by atoms with van der Waals surface area (Å²) in [5, 5.41) is 12.2. The number of benzene rings is 2. The summed E-state index contributed by atoms with van der Waals surface area (Å²) >= 11 is 0. The summed E-state index contributed by atoms with van der Waals surface area (Å²) in [5.74, 6) is 0.128. The molecule has 2 fully saturated rings. The number of nitrogens with zero attached hydrogens (tertiary/aromatic N) is 2. The van der Waals surface area contributed by atoms with Gasteiger partial charge < -0.3 is 4.74 Å². The minimum Gasteiger partial charge on any atom is -0.379 e. The lowest BCUT2D eigenvalue weighted by Crippen LogP contribution is -2.66. The standard InChI is InChI=1S/C20H18N2O2/c21-12-20(22-7-9-24-10-8-22)11-16-18(20)14-5-1-3-13-4-2-6-15(17(13)14)19(16)23/h1-6,16,18H,7-11H2/t16-,18-,20+/m1/s1. The van der Waals surface area contributed by atoms with Crippen LogP contribution in [0.3, 0.4) is 0 Å². The van der Waals surface area contributed by atoms with Crippen LogP contribution in [-0.2, 0) is 4.74 Å². The molecule has 24 heavy (non-hydrogen) atoms. The van der Waals surface area contributed by atoms with Crippen molar-refractivity contribution in [2.45, 2.75) is 17.9 Å². The van der Waals surface area contributed by atoms with Crippen molar-refractivity contribution in [2.75, 3.05) is 26.3 Å². The second kappa shape index (κ2) is 4.89. The van der Waals surface area contributed by atoms with Gasteiger partial charge in [0, 0.05) is 30.5 Å². The summed E-state index contributed by atoms with van der Waals surface area (Å²) in [6.45, 7) is 2.86. The van der Waals surface area contributed by atoms with E-state index in [-0.39, 0.29) is 17.6 Å². The first-order valence-corrected chi connectivity index (χ1v) is 8.56. The molecule has 0 N–H and O–H groups in total. The van der Waals surface area contributed by atoms with Crippen molar-refractivity contribution < 1.29 is 9.53 Å². The monoisotopic (exact) mass is 318 g/mol. The van der Waals surface area contributed by atoms with Crippen LogP contribution in [0.5, 0.6) is 0 Å². The van der Waals surface area contributed by atoms with E-state index in [4.69, 9.17) is 4.74 Å². The Morgan fingerprint density at radius 3 is 2.67 bits per heavy atom. The van der Waals surface area contributed by atoms with Crippen LogP contribution >= 0.6 is 0 Å². The lowest BCUT2D eigenvalue weighted by molar-refractivity contribution is -0.0591. The number of fused-ring (bicyclic) bond motifs is 2. The molecule has 3 atom stereocenters. The van der Waals surface area contributed by atoms with Crippen LogP contribution in [0, 0.1) is 17.2 Å². The third kappa shape index (κ3) is 1.61. The molecule has 3 aliphatic rings. The van der Waals surface area contributed by atoms with E-state index in [0.29, 0.717) is 19.6 Å². The highest BCUT2D eigenvalue weighted by atomic mass is 16.5. The Morgan fingerprint density at radius 2 is 1.92 bits per heavy atom. The van der Waals surface area contributed by atoms with E-state index in [1.54, 1.807) is 0 Å². The Bertz CT molecular complexity index is 889. The molecule has 5 rings (SSSR count). The highest BCUT2D eigenvalue weighted by Gasteiger charge is 2.62. The number of Topliss-reactive ketones (excluding diaryl/α,β-unsaturated/α-hetero) is 1. The molecule has 0 bridgehead atoms. The second-order valence-electron chi connectivity index (χ2n) is 7.04. The van der Waals surface area contributed by atoms with E-state index in [1.165, 1.54) is 5.56 Å². The SMILES string of the molecule is N#C[C@@]1(N2CCOCC2)C[C@H]2C(=O)c3cccc4cccc(c34)[C@H]21. The summed E-state index contributed by atoms with van der Waals surface area (Å²) < 4.78 is 5.46. The molecule has 2 aromatic rings. The van der Waals surface area contributed by atoms with Crippen LogP contribution in [0.25, 0.3) is 10.8 Å². The molecule has 0 aromatic heterocycles. The van der Waals surface area contributed by atoms with Crippen molar-refractivity contribution in [1.82, 2.24) is 4.90 Å². The van der Waals surface area contributed by atoms with E-state index < -0.39 is 5.54 Å². The molecule has 1 heterocycles. The molecule has 0 radical (unpaired) electrons. The highest BCUT2D eigenvalue weighted by Crippen LogP contribution is 2.58. The molecular weight excluding hydrogens is 300 g/mol. The van der Waals surface area contributed by atoms with Crippen molar-refractivity contribution in [3.05, 3.63) is 47.5 Å². The van der Waals surface area contributed by atoms with Gasteiger partial charge in [-0.1, -0.05) is 36.4 Å². The van der Waals surface area contributed by atoms with Gasteiger partial charge in [0.2, 0.25) is 0 Å². The number of nitriles is 1. The van der Waals surface area contributed by atoms with Gasteiger partial charge in [0.15, 0.2) is 5.78 Å². The van der Waals surface area contributed by atoms with Crippen molar-refractivity contribution in [2.24, 2.45) is 5.92 Å². The van der Waals surface area contributed by atoms with Crippen LogP contribution < -0.4 is 0 Å². The minimum atomic E-state index is -0.564. The van der Waals surface area contributed by atoms with Gasteiger partial charge in [0.25, 0.3) is 0 Å². The number of hydrogen-bond acceptors (Lipinski definition) is 4. The van der Waals surface area contributed by atoms with E-state index in [9.17, 15) is 10.1 Å². The predicted octanol–water partition coefficient (Wildman–Crippen LogP) is 2.73. The van der Waals surface area contributed by atoms with Crippen molar-refractivity contribution in [3.63, 3.8) is 0 Å². The van der Waals surface area contributed by atoms with E-state index in [0.717, 1.165) is 29.4 Å². The zero-order valence-corrected chi connectivity index (χ0v) is 13.4. The fourth-order valence-electron chi connectivity index (χ4n) is 4.98. The van der Waals surface area contributed by atoms with Gasteiger partial charge >= 0.3 is 0 Å². The van der Waals surface area contributed by atoms with Gasteiger partial charge in [-0.3, -0.25) is 9.69 Å². The van der Waals surface area contributed by atoms with Crippen molar-refractivity contribution >= 4 is 16.6 Å². The lowest BCUT2D eigenvalue weighted by atomic mass is 9.51. The average molecular weight is 318 g/mol. The maximum Gasteiger partial charge on any atom is 0.167 e. The molecule has 1 aliphatic heterocycles. The molecule has 2 aromatic carbocycles. The third-order valence-electron chi connectivity index (χ3n) is 6.09. The second-order valence-corrected chi connectivity index (χ2v) is 7.04. The molecule has 1 saturated carbocycles. The van der Waals surface area contributed by atoms with Crippen LogP contribution in [0.1, 0.15) is 28.3 Å². The zero-order valence-electron chi connectivity index (χ0n) is 13.4. The van der Waals surface area contributed by atoms with Crippen molar-refractivity contribution in [1.29, 1.82) is 5.26 Å². The zero-order chi connectivity index (χ0) is 16.3. The van der Waals surface area contributed by atoms with Gasteiger partial charge in [0.1, 0.15) is 5.54 Å². The smallest absolute Gasteiger partial charge is 0.167 e. The number of carbonyl (C=O) groups is 1. The minimum absolute atomic E-state index is 0.0216. The lowest BCUT2D eigenvalue weighted by Gasteiger charge is -2.58. The van der Waals surface area contributed by atoms with Gasteiger partial charge in [-0.15, -0.1) is 0 Å². The van der Waals surface area contributed by atoms with Crippen LogP contribution in [0.4, 0.5) is 0 Å².